The van der Waals surface area contributed by atoms with E-state index in [9.17, 15) is 19.6 Å². The summed E-state index contributed by atoms with van der Waals surface area (Å²) in [7, 11) is 0. The summed E-state index contributed by atoms with van der Waals surface area (Å²) in [6, 6.07) is 7.13. The molecule has 1 aromatic rings. The number of benzene rings is 1. The Bertz CT molecular complexity index is 431. The molecule has 0 radical (unpaired) electrons. The molecular formula is C12H13NO5. The lowest BCUT2D eigenvalue weighted by molar-refractivity contribution is -0.145. The Morgan fingerprint density at radius 2 is 1.83 bits per heavy atom. The maximum absolute atomic E-state index is 11.5. The molecule has 0 heterocycles. The number of aryl methyl sites for hydroxylation is 1. The summed E-state index contributed by atoms with van der Waals surface area (Å²) in [5, 5.41) is 20.2. The quantitative estimate of drug-likeness (QED) is 0.696. The van der Waals surface area contributed by atoms with Gasteiger partial charge in [0.15, 0.2) is 5.78 Å². The van der Waals surface area contributed by atoms with Gasteiger partial charge in [0.2, 0.25) is 6.04 Å². The van der Waals surface area contributed by atoms with Crippen LogP contribution in [0.25, 0.3) is 0 Å². The number of aliphatic hydroxyl groups is 1. The minimum Gasteiger partial charge on any atom is -0.479 e. The van der Waals surface area contributed by atoms with Gasteiger partial charge in [-0.25, -0.2) is 4.79 Å². The number of hydrogen-bond acceptors (Lipinski definition) is 5. The highest BCUT2D eigenvalue weighted by atomic mass is 16.4. The van der Waals surface area contributed by atoms with Crippen molar-refractivity contribution in [3.63, 3.8) is 0 Å². The lowest BCUT2D eigenvalue weighted by Crippen LogP contribution is -2.38. The average Bonchev–Trinajstić information content (AvgIpc) is 2.37. The molecule has 6 heteroatoms. The number of rotatable bonds is 7. The Morgan fingerprint density at radius 3 is 2.33 bits per heavy atom. The number of carbonyl (C=O) groups excluding carboxylic acids is 1. The van der Waals surface area contributed by atoms with Crippen molar-refractivity contribution in [2.24, 2.45) is 5.18 Å². The topological polar surface area (TPSA) is 104 Å². The number of carboxylic acids is 1. The van der Waals surface area contributed by atoms with E-state index in [2.05, 4.69) is 5.18 Å². The van der Waals surface area contributed by atoms with Crippen molar-refractivity contribution in [3.8, 4) is 0 Å². The number of carbonyl (C=O) groups is 2. The summed E-state index contributed by atoms with van der Waals surface area (Å²) in [5.74, 6) is -2.31. The fourth-order valence-corrected chi connectivity index (χ4v) is 1.47. The van der Waals surface area contributed by atoms with Crippen LogP contribution in [0.1, 0.15) is 12.0 Å². The minimum atomic E-state index is -1.94. The summed E-state index contributed by atoms with van der Waals surface area (Å²) in [6.07, 6.45) is -1.55. The average molecular weight is 251 g/mol. The molecule has 0 spiro atoms. The molecule has 0 aliphatic carbocycles. The number of ketones is 1. The summed E-state index contributed by atoms with van der Waals surface area (Å²) >= 11 is 0. The van der Waals surface area contributed by atoms with Gasteiger partial charge < -0.3 is 10.2 Å². The molecule has 0 bridgehead atoms. The van der Waals surface area contributed by atoms with Gasteiger partial charge in [-0.15, -0.1) is 4.91 Å². The van der Waals surface area contributed by atoms with E-state index in [1.807, 2.05) is 30.3 Å². The van der Waals surface area contributed by atoms with Crippen LogP contribution >= 0.6 is 0 Å². The maximum Gasteiger partial charge on any atom is 0.335 e. The largest absolute Gasteiger partial charge is 0.479 e. The van der Waals surface area contributed by atoms with Crippen LogP contribution in [0.3, 0.4) is 0 Å². The molecule has 0 saturated carbocycles. The molecule has 0 aliphatic rings. The van der Waals surface area contributed by atoms with Gasteiger partial charge in [0.1, 0.15) is 6.10 Å². The van der Waals surface area contributed by atoms with Gasteiger partial charge in [-0.05, 0) is 12.0 Å². The van der Waals surface area contributed by atoms with Gasteiger partial charge in [-0.2, -0.15) is 0 Å². The first-order valence-electron chi connectivity index (χ1n) is 5.36. The SMILES string of the molecule is O=N[C@@H](C(=O)O)C(O)C(=O)CCc1ccccc1. The van der Waals surface area contributed by atoms with Crippen molar-refractivity contribution in [1.29, 1.82) is 0 Å². The molecule has 1 aromatic carbocycles. The highest BCUT2D eigenvalue weighted by Crippen LogP contribution is 2.08. The summed E-state index contributed by atoms with van der Waals surface area (Å²) in [6.45, 7) is 0. The fraction of sp³-hybridized carbons (Fsp3) is 0.333. The number of nitroso groups, excluding NO2 is 1. The van der Waals surface area contributed by atoms with Gasteiger partial charge in [-0.1, -0.05) is 35.5 Å². The fourth-order valence-electron chi connectivity index (χ4n) is 1.47. The molecule has 0 aliphatic heterocycles. The van der Waals surface area contributed by atoms with Crippen LogP contribution in [-0.2, 0) is 16.0 Å². The van der Waals surface area contributed by atoms with Crippen LogP contribution < -0.4 is 0 Å². The van der Waals surface area contributed by atoms with Gasteiger partial charge in [0.05, 0.1) is 0 Å². The molecule has 0 amide bonds. The standard InChI is InChI=1S/C12H13NO5/c14-9(11(15)10(13-18)12(16)17)7-6-8-4-2-1-3-5-8/h1-5,10-11,15H,6-7H2,(H,16,17)/t10-,11?/m1/s1. The molecule has 1 rings (SSSR count). The van der Waals surface area contributed by atoms with Gasteiger partial charge in [0.25, 0.3) is 0 Å². The van der Waals surface area contributed by atoms with Crippen LogP contribution in [0.2, 0.25) is 0 Å². The van der Waals surface area contributed by atoms with Crippen molar-refractivity contribution < 1.29 is 19.8 Å². The number of aliphatic carboxylic acids is 1. The molecule has 0 saturated heterocycles. The number of nitrogens with zero attached hydrogens (tertiary/aromatic N) is 1. The Labute approximate surface area is 103 Å². The van der Waals surface area contributed by atoms with E-state index in [1.165, 1.54) is 0 Å². The zero-order valence-electron chi connectivity index (χ0n) is 9.52. The highest BCUT2D eigenvalue weighted by Gasteiger charge is 2.32. The molecule has 1 unspecified atom stereocenters. The number of carboxylic acid groups (broad SMARTS) is 1. The van der Waals surface area contributed by atoms with E-state index in [-0.39, 0.29) is 6.42 Å². The van der Waals surface area contributed by atoms with E-state index in [0.29, 0.717) is 6.42 Å². The first-order valence-corrected chi connectivity index (χ1v) is 5.36. The van der Waals surface area contributed by atoms with Crippen LogP contribution in [0.15, 0.2) is 35.5 Å². The molecular weight excluding hydrogens is 238 g/mol. The van der Waals surface area contributed by atoms with Crippen LogP contribution in [0.4, 0.5) is 0 Å². The normalized spacial score (nSPS) is 13.6. The molecule has 6 nitrogen and oxygen atoms in total. The third-order valence-corrected chi connectivity index (χ3v) is 2.50. The highest BCUT2D eigenvalue weighted by molar-refractivity contribution is 5.90. The van der Waals surface area contributed by atoms with Crippen molar-refractivity contribution in [2.45, 2.75) is 25.0 Å². The Kier molecular flexibility index (Phi) is 5.13. The van der Waals surface area contributed by atoms with Crippen molar-refractivity contribution in [1.82, 2.24) is 0 Å². The predicted molar refractivity (Wildman–Crippen MR) is 63.0 cm³/mol. The molecule has 18 heavy (non-hydrogen) atoms. The second kappa shape index (κ2) is 6.61. The summed E-state index contributed by atoms with van der Waals surface area (Å²) in [5.41, 5.74) is 0.893. The van der Waals surface area contributed by atoms with Crippen LogP contribution in [0, 0.1) is 4.91 Å². The monoisotopic (exact) mass is 251 g/mol. The minimum absolute atomic E-state index is 0.0372. The molecule has 0 fully saturated rings. The Hall–Kier alpha value is -2.08. The lowest BCUT2D eigenvalue weighted by Gasteiger charge is -2.11. The first kappa shape index (κ1) is 14.0. The summed E-state index contributed by atoms with van der Waals surface area (Å²) < 4.78 is 0. The lowest BCUT2D eigenvalue weighted by atomic mass is 10.0. The van der Waals surface area contributed by atoms with Gasteiger partial charge in [-0.3, -0.25) is 4.79 Å². The summed E-state index contributed by atoms with van der Waals surface area (Å²) in [4.78, 5) is 32.3. The van der Waals surface area contributed by atoms with E-state index in [1.54, 1.807) is 0 Å². The number of Topliss-reactive ketones (excluding diaryl/α,β-unsaturated/α-hetero) is 1. The second-order valence-electron chi connectivity index (χ2n) is 3.79. The van der Waals surface area contributed by atoms with Crippen LogP contribution in [-0.4, -0.2) is 34.1 Å². The maximum atomic E-state index is 11.5. The van der Waals surface area contributed by atoms with E-state index < -0.39 is 23.9 Å². The molecule has 2 atom stereocenters. The van der Waals surface area contributed by atoms with Crippen LogP contribution in [0.5, 0.6) is 0 Å². The zero-order chi connectivity index (χ0) is 13.5. The second-order valence-corrected chi connectivity index (χ2v) is 3.79. The molecule has 0 aromatic heterocycles. The van der Waals surface area contributed by atoms with Crippen molar-refractivity contribution >= 4 is 11.8 Å². The van der Waals surface area contributed by atoms with E-state index >= 15 is 0 Å². The Morgan fingerprint density at radius 1 is 1.22 bits per heavy atom. The molecule has 2 N–H and O–H groups in total. The third-order valence-electron chi connectivity index (χ3n) is 2.50. The number of aliphatic hydroxyl groups excluding tert-OH is 1. The molecule has 96 valence electrons. The van der Waals surface area contributed by atoms with Gasteiger partial charge >= 0.3 is 5.97 Å². The van der Waals surface area contributed by atoms with Crippen molar-refractivity contribution in [2.75, 3.05) is 0 Å². The predicted octanol–water partition coefficient (Wildman–Crippen LogP) is 0.769. The zero-order valence-corrected chi connectivity index (χ0v) is 9.52. The third kappa shape index (κ3) is 3.74. The van der Waals surface area contributed by atoms with Crippen molar-refractivity contribution in [3.05, 3.63) is 40.8 Å². The Balaban J connectivity index is 2.55. The first-order chi connectivity index (χ1) is 8.56. The van der Waals surface area contributed by atoms with E-state index in [0.717, 1.165) is 5.56 Å². The van der Waals surface area contributed by atoms with Gasteiger partial charge in [0, 0.05) is 6.42 Å². The number of hydrogen-bond donors (Lipinski definition) is 2. The van der Waals surface area contributed by atoms with E-state index in [4.69, 9.17) is 5.11 Å². The smallest absolute Gasteiger partial charge is 0.335 e.